The maximum Gasteiger partial charge on any atom is 0.237 e. The monoisotopic (exact) mass is 524 g/mol. The first kappa shape index (κ1) is 25.5. The van der Waals surface area contributed by atoms with Gasteiger partial charge in [-0.1, -0.05) is 6.07 Å². The second-order valence-corrected chi connectivity index (χ2v) is 11.0. The number of benzene rings is 1. The van der Waals surface area contributed by atoms with E-state index in [0.717, 1.165) is 80.3 Å². The SMILES string of the molecule is CC1CN(c2ccc(C#N)c3ncccc23)C[C@@H](C)N1CC(=O)N1CCc2nc(N3CCNCC3)ccc2C1. The molecule has 0 saturated carbocycles. The third-order valence-electron chi connectivity index (χ3n) is 8.45. The van der Waals surface area contributed by atoms with Gasteiger partial charge in [0, 0.05) is 93.8 Å². The van der Waals surface area contributed by atoms with Gasteiger partial charge in [-0.2, -0.15) is 5.26 Å². The predicted octanol–water partition coefficient (Wildman–Crippen LogP) is 2.39. The summed E-state index contributed by atoms with van der Waals surface area (Å²) in [6.45, 7) is 11.8. The number of hydrogen-bond donors (Lipinski definition) is 1. The zero-order valence-corrected chi connectivity index (χ0v) is 22.8. The molecule has 0 bridgehead atoms. The lowest BCUT2D eigenvalue weighted by Gasteiger charge is -2.46. The Morgan fingerprint density at radius 1 is 1.05 bits per heavy atom. The molecular weight excluding hydrogens is 488 g/mol. The second kappa shape index (κ2) is 10.8. The van der Waals surface area contributed by atoms with E-state index in [4.69, 9.17) is 4.98 Å². The van der Waals surface area contributed by atoms with Crippen molar-refractivity contribution in [2.24, 2.45) is 0 Å². The minimum absolute atomic E-state index is 0.187. The van der Waals surface area contributed by atoms with E-state index in [-0.39, 0.29) is 18.0 Å². The van der Waals surface area contributed by atoms with Crippen LogP contribution in [-0.2, 0) is 17.8 Å². The van der Waals surface area contributed by atoms with E-state index < -0.39 is 0 Å². The number of pyridine rings is 2. The standard InChI is InChI=1S/C30H36N8O/c1-21-17-37(27-7-5-23(16-31)30-25(27)4-3-10-33-30)18-22(2)38(21)20-29(39)36-13-9-26-24(19-36)6-8-28(34-26)35-14-11-32-12-15-35/h3-8,10,21-22,32H,9,11-15,17-20H2,1-2H3/t21-,22?/m1/s1. The largest absolute Gasteiger partial charge is 0.368 e. The summed E-state index contributed by atoms with van der Waals surface area (Å²) in [5.41, 5.74) is 4.74. The molecule has 0 radical (unpaired) electrons. The van der Waals surface area contributed by atoms with Gasteiger partial charge in [0.1, 0.15) is 11.9 Å². The first-order chi connectivity index (χ1) is 19.0. The molecule has 9 nitrogen and oxygen atoms in total. The number of aromatic nitrogens is 2. The fourth-order valence-electron chi connectivity index (χ4n) is 6.33. The average molecular weight is 525 g/mol. The van der Waals surface area contributed by atoms with E-state index >= 15 is 0 Å². The fraction of sp³-hybridized carbons (Fsp3) is 0.467. The lowest BCUT2D eigenvalue weighted by Crippen LogP contribution is -2.59. The molecule has 2 atom stereocenters. The summed E-state index contributed by atoms with van der Waals surface area (Å²) in [5.74, 6) is 1.24. The topological polar surface area (TPSA) is 91.6 Å². The molecule has 3 aromatic rings. The van der Waals surface area contributed by atoms with Crippen LogP contribution < -0.4 is 15.1 Å². The molecule has 1 amide bonds. The van der Waals surface area contributed by atoms with Crippen molar-refractivity contribution < 1.29 is 4.79 Å². The first-order valence-corrected chi connectivity index (χ1v) is 14.0. The van der Waals surface area contributed by atoms with E-state index in [9.17, 15) is 10.1 Å². The summed E-state index contributed by atoms with van der Waals surface area (Å²) in [4.78, 5) is 32.0. The molecule has 5 heterocycles. The summed E-state index contributed by atoms with van der Waals surface area (Å²) in [6.07, 6.45) is 2.54. The van der Waals surface area contributed by atoms with E-state index in [1.54, 1.807) is 6.20 Å². The summed E-state index contributed by atoms with van der Waals surface area (Å²) < 4.78 is 0. The molecule has 39 heavy (non-hydrogen) atoms. The van der Waals surface area contributed by atoms with Gasteiger partial charge in [0.25, 0.3) is 0 Å². The molecule has 1 unspecified atom stereocenters. The third-order valence-corrected chi connectivity index (χ3v) is 8.45. The number of amides is 1. The molecular formula is C30H36N8O. The van der Waals surface area contributed by atoms with Crippen molar-refractivity contribution in [1.29, 1.82) is 5.26 Å². The Kier molecular flexibility index (Phi) is 7.07. The van der Waals surface area contributed by atoms with Crippen LogP contribution in [0.15, 0.2) is 42.6 Å². The highest BCUT2D eigenvalue weighted by atomic mass is 16.2. The Hall–Kier alpha value is -3.74. The number of hydrogen-bond acceptors (Lipinski definition) is 8. The lowest BCUT2D eigenvalue weighted by molar-refractivity contribution is -0.134. The summed E-state index contributed by atoms with van der Waals surface area (Å²) in [6, 6.07) is 14.8. The van der Waals surface area contributed by atoms with Crippen molar-refractivity contribution in [2.75, 3.05) is 62.2 Å². The highest BCUT2D eigenvalue weighted by Gasteiger charge is 2.33. The maximum atomic E-state index is 13.5. The van der Waals surface area contributed by atoms with E-state index in [1.165, 1.54) is 5.56 Å². The molecule has 1 N–H and O–H groups in total. The lowest BCUT2D eigenvalue weighted by atomic mass is 10.0. The van der Waals surface area contributed by atoms with Gasteiger partial charge in [0.15, 0.2) is 0 Å². The number of piperazine rings is 2. The van der Waals surface area contributed by atoms with Crippen LogP contribution in [0.4, 0.5) is 11.5 Å². The van der Waals surface area contributed by atoms with Crippen molar-refractivity contribution in [3.63, 3.8) is 0 Å². The molecule has 0 aliphatic carbocycles. The number of nitriles is 1. The van der Waals surface area contributed by atoms with Gasteiger partial charge in [-0.25, -0.2) is 4.98 Å². The Balaban J connectivity index is 1.11. The molecule has 9 heteroatoms. The third kappa shape index (κ3) is 5.02. The van der Waals surface area contributed by atoms with E-state index in [0.29, 0.717) is 18.7 Å². The van der Waals surface area contributed by atoms with Crippen molar-refractivity contribution in [1.82, 2.24) is 25.1 Å². The fourth-order valence-corrected chi connectivity index (χ4v) is 6.33. The molecule has 3 aliphatic heterocycles. The molecule has 1 aromatic carbocycles. The van der Waals surface area contributed by atoms with Crippen LogP contribution >= 0.6 is 0 Å². The average Bonchev–Trinajstić information content (AvgIpc) is 2.98. The van der Waals surface area contributed by atoms with Crippen molar-refractivity contribution in [3.05, 3.63) is 59.4 Å². The van der Waals surface area contributed by atoms with Gasteiger partial charge < -0.3 is 20.0 Å². The zero-order valence-electron chi connectivity index (χ0n) is 22.8. The second-order valence-electron chi connectivity index (χ2n) is 11.0. The summed E-state index contributed by atoms with van der Waals surface area (Å²) in [5, 5.41) is 13.9. The Bertz CT molecular complexity index is 1400. The number of carbonyl (C=O) groups excluding carboxylic acids is 1. The van der Waals surface area contributed by atoms with E-state index in [1.807, 2.05) is 29.2 Å². The molecule has 2 aromatic heterocycles. The molecule has 0 spiro atoms. The summed E-state index contributed by atoms with van der Waals surface area (Å²) in [7, 11) is 0. The Morgan fingerprint density at radius 3 is 2.62 bits per heavy atom. The van der Waals surface area contributed by atoms with Crippen molar-refractivity contribution in [2.45, 2.75) is 38.9 Å². The van der Waals surface area contributed by atoms with Crippen LogP contribution in [0.2, 0.25) is 0 Å². The smallest absolute Gasteiger partial charge is 0.237 e. The number of fused-ring (bicyclic) bond motifs is 2. The van der Waals surface area contributed by atoms with Crippen molar-refractivity contribution in [3.8, 4) is 6.07 Å². The van der Waals surface area contributed by atoms with Crippen LogP contribution in [-0.4, -0.2) is 90.1 Å². The number of carbonyl (C=O) groups is 1. The van der Waals surface area contributed by atoms with Gasteiger partial charge >= 0.3 is 0 Å². The van der Waals surface area contributed by atoms with Gasteiger partial charge in [-0.15, -0.1) is 0 Å². The Morgan fingerprint density at radius 2 is 1.85 bits per heavy atom. The number of rotatable bonds is 4. The summed E-state index contributed by atoms with van der Waals surface area (Å²) >= 11 is 0. The van der Waals surface area contributed by atoms with Gasteiger partial charge in [-0.3, -0.25) is 14.7 Å². The molecule has 6 rings (SSSR count). The highest BCUT2D eigenvalue weighted by molar-refractivity contribution is 5.95. The first-order valence-electron chi connectivity index (χ1n) is 14.0. The van der Waals surface area contributed by atoms with Gasteiger partial charge in [0.05, 0.1) is 17.6 Å². The van der Waals surface area contributed by atoms with Crippen LogP contribution in [0.5, 0.6) is 0 Å². The normalized spacial score (nSPS) is 22.0. The van der Waals surface area contributed by atoms with Crippen LogP contribution in [0.1, 0.15) is 30.7 Å². The number of anilines is 2. The maximum absolute atomic E-state index is 13.5. The zero-order chi connectivity index (χ0) is 26.9. The number of nitrogens with zero attached hydrogens (tertiary/aromatic N) is 7. The quantitative estimate of drug-likeness (QED) is 0.557. The van der Waals surface area contributed by atoms with Gasteiger partial charge in [-0.05, 0) is 49.7 Å². The van der Waals surface area contributed by atoms with Crippen LogP contribution in [0.3, 0.4) is 0 Å². The van der Waals surface area contributed by atoms with Crippen LogP contribution in [0.25, 0.3) is 10.9 Å². The van der Waals surface area contributed by atoms with Crippen molar-refractivity contribution >= 4 is 28.3 Å². The molecule has 202 valence electrons. The minimum atomic E-state index is 0.187. The number of nitrogens with one attached hydrogen (secondary N) is 1. The Labute approximate surface area is 230 Å². The molecule has 2 fully saturated rings. The van der Waals surface area contributed by atoms with E-state index in [2.05, 4.69) is 57.0 Å². The molecule has 3 aliphatic rings. The highest BCUT2D eigenvalue weighted by Crippen LogP contribution is 2.31. The minimum Gasteiger partial charge on any atom is -0.368 e. The predicted molar refractivity (Wildman–Crippen MR) is 153 cm³/mol. The molecule has 2 saturated heterocycles. The van der Waals surface area contributed by atoms with Gasteiger partial charge in [0.2, 0.25) is 5.91 Å². The van der Waals surface area contributed by atoms with Crippen LogP contribution in [0, 0.1) is 11.3 Å².